The third-order valence-corrected chi connectivity index (χ3v) is 6.00. The number of aromatic nitrogens is 2. The first-order chi connectivity index (χ1) is 15.0. The van der Waals surface area contributed by atoms with Gasteiger partial charge in [-0.3, -0.25) is 0 Å². The Morgan fingerprint density at radius 2 is 1.84 bits per heavy atom. The van der Waals surface area contributed by atoms with Crippen molar-refractivity contribution in [2.24, 2.45) is 0 Å². The lowest BCUT2D eigenvalue weighted by atomic mass is 10.1. The second kappa shape index (κ2) is 9.63. The number of ether oxygens (including phenoxy) is 2. The van der Waals surface area contributed by atoms with Crippen molar-refractivity contribution in [1.82, 2.24) is 14.9 Å². The van der Waals surface area contributed by atoms with E-state index in [2.05, 4.69) is 9.97 Å². The maximum Gasteiger partial charge on any atom is 0.407 e. The Kier molecular flexibility index (Phi) is 7.12. The number of benzene rings is 1. The maximum absolute atomic E-state index is 14.5. The minimum atomic E-state index is -3.32. The van der Waals surface area contributed by atoms with Crippen molar-refractivity contribution in [1.29, 1.82) is 0 Å². The van der Waals surface area contributed by atoms with Gasteiger partial charge in [0.25, 0.3) is 0 Å². The van der Waals surface area contributed by atoms with Crippen LogP contribution in [0, 0.1) is 18.6 Å². The van der Waals surface area contributed by atoms with Gasteiger partial charge in [-0.15, -0.1) is 0 Å². The van der Waals surface area contributed by atoms with Crippen LogP contribution in [-0.2, 0) is 16.3 Å². The lowest BCUT2D eigenvalue weighted by Gasteiger charge is -2.30. The first-order valence-corrected chi connectivity index (χ1v) is 11.9. The molecule has 1 aromatic heterocycles. The Balaban J connectivity index is 1.72. The first-order valence-electron chi connectivity index (χ1n) is 9.83. The molecule has 2 heterocycles. The zero-order valence-corrected chi connectivity index (χ0v) is 18.4. The number of carboxylic acid groups (broad SMARTS) is 1. The first kappa shape index (κ1) is 23.6. The number of likely N-dealkylation sites (tertiary alicyclic amines) is 1. The molecule has 1 N–H and O–H groups in total. The van der Waals surface area contributed by atoms with Gasteiger partial charge < -0.3 is 19.5 Å². The molecule has 9 nitrogen and oxygen atoms in total. The molecule has 3 rings (SSSR count). The van der Waals surface area contributed by atoms with E-state index in [-0.39, 0.29) is 35.6 Å². The smallest absolute Gasteiger partial charge is 0.407 e. The highest BCUT2D eigenvalue weighted by atomic mass is 32.2. The zero-order chi connectivity index (χ0) is 23.5. The molecule has 12 heteroatoms. The average molecular weight is 471 g/mol. The number of carbonyl (C=O) groups is 1. The van der Waals surface area contributed by atoms with Crippen LogP contribution in [0.4, 0.5) is 13.6 Å². The summed E-state index contributed by atoms with van der Waals surface area (Å²) in [6, 6.07) is 2.48. The monoisotopic (exact) mass is 471 g/mol. The topological polar surface area (TPSA) is 119 Å². The number of halogens is 2. The van der Waals surface area contributed by atoms with Gasteiger partial charge in [-0.05, 0) is 25.0 Å². The molecule has 0 spiro atoms. The third kappa shape index (κ3) is 5.81. The predicted octanol–water partition coefficient (Wildman–Crippen LogP) is 2.96. The summed E-state index contributed by atoms with van der Waals surface area (Å²) in [4.78, 5) is 20.3. The molecule has 0 unspecified atom stereocenters. The molecule has 32 heavy (non-hydrogen) atoms. The molecule has 1 saturated heterocycles. The zero-order valence-electron chi connectivity index (χ0n) is 17.5. The second-order valence-corrected chi connectivity index (χ2v) is 9.79. The number of nitrogens with zero attached hydrogens (tertiary/aromatic N) is 3. The van der Waals surface area contributed by atoms with E-state index < -0.39 is 33.3 Å². The van der Waals surface area contributed by atoms with Crippen LogP contribution in [0.1, 0.15) is 24.0 Å². The molecule has 0 aliphatic carbocycles. The van der Waals surface area contributed by atoms with Crippen molar-refractivity contribution >= 4 is 15.9 Å². The van der Waals surface area contributed by atoms with Gasteiger partial charge in [0.05, 0.1) is 11.3 Å². The summed E-state index contributed by atoms with van der Waals surface area (Å²) in [7, 11) is -3.32. The minimum Gasteiger partial charge on any atom is -0.474 e. The highest BCUT2D eigenvalue weighted by Gasteiger charge is 2.25. The van der Waals surface area contributed by atoms with Crippen molar-refractivity contribution in [3.8, 4) is 17.5 Å². The summed E-state index contributed by atoms with van der Waals surface area (Å²) in [5.41, 5.74) is 0.297. The molecule has 0 bridgehead atoms. The Labute approximate surface area is 183 Å². The van der Waals surface area contributed by atoms with Gasteiger partial charge in [-0.1, -0.05) is 6.07 Å². The van der Waals surface area contributed by atoms with Crippen molar-refractivity contribution in [3.05, 3.63) is 41.2 Å². The van der Waals surface area contributed by atoms with E-state index in [0.29, 0.717) is 31.5 Å². The van der Waals surface area contributed by atoms with Gasteiger partial charge >= 0.3 is 6.09 Å². The normalized spacial score (nSPS) is 14.9. The summed E-state index contributed by atoms with van der Waals surface area (Å²) in [5, 5.41) is 9.02. The van der Waals surface area contributed by atoms with E-state index in [9.17, 15) is 22.0 Å². The molecule has 1 aliphatic heterocycles. The van der Waals surface area contributed by atoms with Crippen molar-refractivity contribution in [2.75, 3.05) is 25.1 Å². The highest BCUT2D eigenvalue weighted by Crippen LogP contribution is 2.32. The maximum atomic E-state index is 14.5. The molecule has 0 radical (unpaired) electrons. The molecule has 1 amide bonds. The molecule has 1 aliphatic rings. The molecule has 2 aromatic rings. The fourth-order valence-corrected chi connectivity index (χ4v) is 3.80. The summed E-state index contributed by atoms with van der Waals surface area (Å²) in [6.07, 6.45) is 1.77. The summed E-state index contributed by atoms with van der Waals surface area (Å²) < 4.78 is 62.7. The van der Waals surface area contributed by atoms with Crippen LogP contribution in [-0.4, -0.2) is 65.7 Å². The quantitative estimate of drug-likeness (QED) is 0.655. The Morgan fingerprint density at radius 3 is 2.47 bits per heavy atom. The van der Waals surface area contributed by atoms with Crippen LogP contribution in [0.3, 0.4) is 0 Å². The molecule has 174 valence electrons. The number of amides is 1. The SMILES string of the molecule is Cc1c(Oc2ccc(CCS(C)(=O)=O)c(F)c2F)ncnc1OC1CCN(C(=O)O)CC1. The lowest BCUT2D eigenvalue weighted by Crippen LogP contribution is -2.41. The number of sulfone groups is 1. The molecule has 0 atom stereocenters. The number of aryl methyl sites for hydroxylation is 1. The van der Waals surface area contributed by atoms with Crippen LogP contribution in [0.2, 0.25) is 0 Å². The Hall–Kier alpha value is -3.02. The Morgan fingerprint density at radius 1 is 1.19 bits per heavy atom. The number of hydrogen-bond acceptors (Lipinski definition) is 7. The fraction of sp³-hybridized carbons (Fsp3) is 0.450. The van der Waals surface area contributed by atoms with Gasteiger partial charge in [-0.25, -0.2) is 27.6 Å². The highest BCUT2D eigenvalue weighted by molar-refractivity contribution is 7.90. The lowest BCUT2D eigenvalue weighted by molar-refractivity contribution is 0.0864. The van der Waals surface area contributed by atoms with Crippen LogP contribution in [0.25, 0.3) is 0 Å². The number of rotatable bonds is 7. The van der Waals surface area contributed by atoms with Gasteiger partial charge in [0.15, 0.2) is 11.6 Å². The van der Waals surface area contributed by atoms with Gasteiger partial charge in [0.1, 0.15) is 22.3 Å². The summed E-state index contributed by atoms with van der Waals surface area (Å²) in [5.74, 6) is -2.97. The van der Waals surface area contributed by atoms with Gasteiger partial charge in [-0.2, -0.15) is 4.39 Å². The van der Waals surface area contributed by atoms with E-state index in [1.165, 1.54) is 23.4 Å². The van der Waals surface area contributed by atoms with E-state index in [0.717, 1.165) is 6.26 Å². The predicted molar refractivity (Wildman–Crippen MR) is 110 cm³/mol. The van der Waals surface area contributed by atoms with Crippen LogP contribution in [0.5, 0.6) is 17.5 Å². The van der Waals surface area contributed by atoms with E-state index >= 15 is 0 Å². The van der Waals surface area contributed by atoms with E-state index in [1.54, 1.807) is 6.92 Å². The Bertz CT molecular complexity index is 1100. The van der Waals surface area contributed by atoms with Crippen LogP contribution < -0.4 is 9.47 Å². The number of piperidine rings is 1. The van der Waals surface area contributed by atoms with Crippen molar-refractivity contribution < 1.29 is 36.6 Å². The van der Waals surface area contributed by atoms with Gasteiger partial charge in [0, 0.05) is 32.2 Å². The molecular formula is C20H23F2N3O6S. The summed E-state index contributed by atoms with van der Waals surface area (Å²) in [6.45, 7) is 2.28. The van der Waals surface area contributed by atoms with Gasteiger partial charge in [0.2, 0.25) is 17.6 Å². The van der Waals surface area contributed by atoms with Crippen LogP contribution in [0.15, 0.2) is 18.5 Å². The fourth-order valence-electron chi connectivity index (χ4n) is 3.21. The second-order valence-electron chi connectivity index (χ2n) is 7.53. The standard InChI is InChI=1S/C20H23F2N3O6S/c1-12-18(30-14-5-8-25(9-6-14)20(26)27)23-11-24-19(12)31-15-4-3-13(16(21)17(15)22)7-10-32(2,28)29/h3-4,11,14H,5-10H2,1-2H3,(H,26,27). The van der Waals surface area contributed by atoms with Crippen molar-refractivity contribution in [3.63, 3.8) is 0 Å². The molecule has 0 saturated carbocycles. The van der Waals surface area contributed by atoms with E-state index in [1.807, 2.05) is 0 Å². The summed E-state index contributed by atoms with van der Waals surface area (Å²) >= 11 is 0. The number of hydrogen-bond donors (Lipinski definition) is 1. The minimum absolute atomic E-state index is 0.0276. The average Bonchev–Trinajstić information content (AvgIpc) is 2.73. The van der Waals surface area contributed by atoms with Crippen molar-refractivity contribution in [2.45, 2.75) is 32.3 Å². The van der Waals surface area contributed by atoms with Crippen LogP contribution >= 0.6 is 0 Å². The molecule has 1 fully saturated rings. The largest absolute Gasteiger partial charge is 0.474 e. The molecule has 1 aromatic carbocycles. The van der Waals surface area contributed by atoms with E-state index in [4.69, 9.17) is 14.6 Å². The molecular weight excluding hydrogens is 448 g/mol. The third-order valence-electron chi connectivity index (χ3n) is 5.06.